The minimum atomic E-state index is -1.12. The fraction of sp³-hybridized carbons (Fsp3) is 0.552. The van der Waals surface area contributed by atoms with Crippen LogP contribution in [-0.4, -0.2) is 71.3 Å². The van der Waals surface area contributed by atoms with Crippen LogP contribution in [0.4, 0.5) is 4.79 Å². The van der Waals surface area contributed by atoms with Gasteiger partial charge in [0.15, 0.2) is 0 Å². The minimum absolute atomic E-state index is 0.110. The highest BCUT2D eigenvalue weighted by molar-refractivity contribution is 6.38. The van der Waals surface area contributed by atoms with Crippen LogP contribution in [0.2, 0.25) is 0 Å². The standard InChI is InChI=1S/C29H42N4O6/c1-8-16-30-25(36)22(34)20(18-19-13-10-9-11-14-19)31-24(35)21-15-12-17-33(21)26(37)23(28(2,3)4)32-27(38)39-29(5,6)7/h8-11,13-14,20-21,23H,1,12,15-18H2,2-7H3,(H,30,36)(H,31,35)(H,32,38)/t20?,21-,23+/m0/s1. The van der Waals surface area contributed by atoms with Gasteiger partial charge < -0.3 is 25.6 Å². The van der Waals surface area contributed by atoms with Crippen molar-refractivity contribution in [2.75, 3.05) is 13.1 Å². The van der Waals surface area contributed by atoms with Crippen LogP contribution in [0.15, 0.2) is 43.0 Å². The van der Waals surface area contributed by atoms with Crippen molar-refractivity contribution in [2.45, 2.75) is 84.5 Å². The van der Waals surface area contributed by atoms with Crippen molar-refractivity contribution >= 4 is 29.6 Å². The van der Waals surface area contributed by atoms with Gasteiger partial charge in [0.2, 0.25) is 17.6 Å². The van der Waals surface area contributed by atoms with Crippen LogP contribution in [0.3, 0.4) is 0 Å². The molecule has 0 radical (unpaired) electrons. The second kappa shape index (κ2) is 13.4. The predicted octanol–water partition coefficient (Wildman–Crippen LogP) is 2.52. The number of carbonyl (C=O) groups excluding carboxylic acids is 5. The third-order valence-corrected chi connectivity index (χ3v) is 6.16. The van der Waals surface area contributed by atoms with E-state index >= 15 is 0 Å². The van der Waals surface area contributed by atoms with Crippen molar-refractivity contribution in [3.63, 3.8) is 0 Å². The van der Waals surface area contributed by atoms with Gasteiger partial charge in [0.1, 0.15) is 23.7 Å². The van der Waals surface area contributed by atoms with Gasteiger partial charge >= 0.3 is 6.09 Å². The number of ether oxygens (including phenoxy) is 1. The van der Waals surface area contributed by atoms with E-state index in [0.717, 1.165) is 5.56 Å². The topological polar surface area (TPSA) is 134 Å². The molecule has 1 aromatic rings. The summed E-state index contributed by atoms with van der Waals surface area (Å²) in [6, 6.07) is 6.11. The van der Waals surface area contributed by atoms with Gasteiger partial charge in [0, 0.05) is 19.5 Å². The van der Waals surface area contributed by atoms with Crippen LogP contribution >= 0.6 is 0 Å². The molecule has 1 saturated heterocycles. The highest BCUT2D eigenvalue weighted by Gasteiger charge is 2.43. The molecule has 2 rings (SSSR count). The zero-order chi connectivity index (χ0) is 29.4. The maximum atomic E-state index is 13.7. The molecule has 3 atom stereocenters. The predicted molar refractivity (Wildman–Crippen MR) is 148 cm³/mol. The SMILES string of the molecule is C=CCNC(=O)C(=O)C(Cc1ccccc1)NC(=O)[C@@H]1CCCN1C(=O)[C@@H](NC(=O)OC(C)(C)C)C(C)(C)C. The first kappa shape index (κ1) is 31.5. The number of amides is 4. The molecule has 10 heteroatoms. The quantitative estimate of drug-likeness (QED) is 0.307. The molecule has 39 heavy (non-hydrogen) atoms. The lowest BCUT2D eigenvalue weighted by atomic mass is 9.85. The average molecular weight is 543 g/mol. The van der Waals surface area contributed by atoms with Crippen LogP contribution in [0, 0.1) is 5.41 Å². The minimum Gasteiger partial charge on any atom is -0.444 e. The van der Waals surface area contributed by atoms with Crippen molar-refractivity contribution < 1.29 is 28.7 Å². The fourth-order valence-corrected chi connectivity index (χ4v) is 4.28. The Labute approximate surface area is 230 Å². The molecule has 1 aromatic carbocycles. The largest absolute Gasteiger partial charge is 0.444 e. The summed E-state index contributed by atoms with van der Waals surface area (Å²) in [5.74, 6) is -2.56. The summed E-state index contributed by atoms with van der Waals surface area (Å²) in [5.41, 5.74) is -0.655. The Bertz CT molecular complexity index is 1060. The first-order chi connectivity index (χ1) is 18.1. The molecule has 0 aromatic heterocycles. The molecule has 1 aliphatic rings. The van der Waals surface area contributed by atoms with Gasteiger partial charge in [-0.25, -0.2) is 4.79 Å². The number of benzene rings is 1. The Morgan fingerprint density at radius 3 is 2.26 bits per heavy atom. The molecule has 0 aliphatic carbocycles. The number of alkyl carbamates (subject to hydrolysis) is 1. The lowest BCUT2D eigenvalue weighted by Gasteiger charge is -2.36. The van der Waals surface area contributed by atoms with Gasteiger partial charge in [-0.2, -0.15) is 0 Å². The molecule has 10 nitrogen and oxygen atoms in total. The lowest BCUT2D eigenvalue weighted by Crippen LogP contribution is -2.59. The first-order valence-electron chi connectivity index (χ1n) is 13.2. The molecule has 4 amide bonds. The normalized spacial score (nSPS) is 17.0. The van der Waals surface area contributed by atoms with Crippen molar-refractivity contribution in [3.8, 4) is 0 Å². The molecule has 1 heterocycles. The smallest absolute Gasteiger partial charge is 0.408 e. The van der Waals surface area contributed by atoms with E-state index in [-0.39, 0.29) is 13.0 Å². The third-order valence-electron chi connectivity index (χ3n) is 6.16. The zero-order valence-corrected chi connectivity index (χ0v) is 23.8. The lowest BCUT2D eigenvalue weighted by molar-refractivity contribution is -0.143. The number of carbonyl (C=O) groups is 5. The highest BCUT2D eigenvalue weighted by Crippen LogP contribution is 2.26. The summed E-state index contributed by atoms with van der Waals surface area (Å²) >= 11 is 0. The number of Topliss-reactive ketones (excluding diaryl/α,β-unsaturated/α-hetero) is 1. The van der Waals surface area contributed by atoms with Crippen molar-refractivity contribution in [1.29, 1.82) is 0 Å². The van der Waals surface area contributed by atoms with Gasteiger partial charge in [-0.3, -0.25) is 19.2 Å². The number of nitrogens with one attached hydrogen (secondary N) is 3. The zero-order valence-electron chi connectivity index (χ0n) is 23.8. The summed E-state index contributed by atoms with van der Waals surface area (Å²) in [7, 11) is 0. The molecule has 1 fully saturated rings. The van der Waals surface area contributed by atoms with Gasteiger partial charge in [-0.15, -0.1) is 6.58 Å². The Kier molecular flexibility index (Phi) is 10.8. The highest BCUT2D eigenvalue weighted by atomic mass is 16.6. The molecule has 214 valence electrons. The van der Waals surface area contributed by atoms with E-state index in [0.29, 0.717) is 19.4 Å². The van der Waals surface area contributed by atoms with Crippen LogP contribution in [0.25, 0.3) is 0 Å². The number of likely N-dealkylation sites (tertiary alicyclic amines) is 1. The van der Waals surface area contributed by atoms with Crippen LogP contribution in [0.5, 0.6) is 0 Å². The van der Waals surface area contributed by atoms with E-state index in [2.05, 4.69) is 22.5 Å². The van der Waals surface area contributed by atoms with E-state index in [4.69, 9.17) is 4.74 Å². The number of ketones is 1. The van der Waals surface area contributed by atoms with Crippen LogP contribution in [0.1, 0.15) is 59.9 Å². The van der Waals surface area contributed by atoms with Crippen molar-refractivity contribution in [3.05, 3.63) is 48.6 Å². The van der Waals surface area contributed by atoms with E-state index in [1.165, 1.54) is 11.0 Å². The molecule has 1 unspecified atom stereocenters. The number of nitrogens with zero attached hydrogens (tertiary/aromatic N) is 1. The molecule has 1 aliphatic heterocycles. The Hall–Kier alpha value is -3.69. The molecule has 0 bridgehead atoms. The second-order valence-electron chi connectivity index (χ2n) is 11.7. The Balaban J connectivity index is 2.24. The van der Waals surface area contributed by atoms with Gasteiger partial charge in [0.05, 0.1) is 0 Å². The first-order valence-corrected chi connectivity index (χ1v) is 13.2. The van der Waals surface area contributed by atoms with Gasteiger partial charge in [-0.05, 0) is 44.6 Å². The summed E-state index contributed by atoms with van der Waals surface area (Å²) in [6.07, 6.45) is 1.79. The maximum absolute atomic E-state index is 13.7. The molecule has 3 N–H and O–H groups in total. The van der Waals surface area contributed by atoms with E-state index < -0.39 is 58.7 Å². The van der Waals surface area contributed by atoms with E-state index in [1.807, 2.05) is 26.8 Å². The van der Waals surface area contributed by atoms with Gasteiger partial charge in [0.25, 0.3) is 5.91 Å². The van der Waals surface area contributed by atoms with E-state index in [1.54, 1.807) is 45.0 Å². The molecule has 0 saturated carbocycles. The van der Waals surface area contributed by atoms with Crippen molar-refractivity contribution in [2.24, 2.45) is 5.41 Å². The second-order valence-corrected chi connectivity index (χ2v) is 11.7. The average Bonchev–Trinajstić information content (AvgIpc) is 3.33. The number of hydrogen-bond acceptors (Lipinski definition) is 6. The monoisotopic (exact) mass is 542 g/mol. The summed E-state index contributed by atoms with van der Waals surface area (Å²) < 4.78 is 5.35. The maximum Gasteiger partial charge on any atom is 0.408 e. The molecule has 0 spiro atoms. The summed E-state index contributed by atoms with van der Waals surface area (Å²) in [6.45, 7) is 14.6. The fourth-order valence-electron chi connectivity index (χ4n) is 4.28. The van der Waals surface area contributed by atoms with Crippen LogP contribution in [-0.2, 0) is 30.3 Å². The van der Waals surface area contributed by atoms with Crippen LogP contribution < -0.4 is 16.0 Å². The van der Waals surface area contributed by atoms with Crippen molar-refractivity contribution in [1.82, 2.24) is 20.9 Å². The van der Waals surface area contributed by atoms with Gasteiger partial charge in [-0.1, -0.05) is 57.2 Å². The Morgan fingerprint density at radius 1 is 1.05 bits per heavy atom. The third kappa shape index (κ3) is 9.53. The molecular weight excluding hydrogens is 500 g/mol. The summed E-state index contributed by atoms with van der Waals surface area (Å²) in [5, 5.41) is 7.85. The molecular formula is C29H42N4O6. The Morgan fingerprint density at radius 2 is 1.69 bits per heavy atom. The van der Waals surface area contributed by atoms with E-state index in [9.17, 15) is 24.0 Å². The number of rotatable bonds is 10. The summed E-state index contributed by atoms with van der Waals surface area (Å²) in [4.78, 5) is 66.5. The number of hydrogen-bond donors (Lipinski definition) is 3.